The van der Waals surface area contributed by atoms with Gasteiger partial charge in [0.1, 0.15) is 11.5 Å². The maximum atomic E-state index is 13.4. The highest BCUT2D eigenvalue weighted by Crippen LogP contribution is 2.29. The van der Waals surface area contributed by atoms with E-state index in [4.69, 9.17) is 32.7 Å². The van der Waals surface area contributed by atoms with Crippen molar-refractivity contribution in [1.29, 1.82) is 0 Å². The van der Waals surface area contributed by atoms with Gasteiger partial charge in [0.2, 0.25) is 0 Å². The van der Waals surface area contributed by atoms with Crippen molar-refractivity contribution >= 4 is 28.9 Å². The molecule has 0 fully saturated rings. The fourth-order valence-electron chi connectivity index (χ4n) is 1.85. The number of hydrogen-bond donors (Lipinski definition) is 1. The van der Waals surface area contributed by atoms with Gasteiger partial charge in [-0.25, -0.2) is 4.39 Å². The van der Waals surface area contributed by atoms with Gasteiger partial charge in [0.05, 0.1) is 24.3 Å². The van der Waals surface area contributed by atoms with Gasteiger partial charge in [-0.2, -0.15) is 0 Å². The molecule has 0 aromatic heterocycles. The van der Waals surface area contributed by atoms with E-state index in [1.165, 1.54) is 12.1 Å². The van der Waals surface area contributed by atoms with Crippen LogP contribution in [0.1, 0.15) is 5.56 Å². The molecule has 0 unspecified atom stereocenters. The molecule has 0 saturated carbocycles. The smallest absolute Gasteiger partial charge is 0.160 e. The number of methoxy groups -OCH3 is 2. The van der Waals surface area contributed by atoms with E-state index in [9.17, 15) is 4.39 Å². The van der Waals surface area contributed by atoms with Gasteiger partial charge in [-0.05, 0) is 24.3 Å². The molecule has 0 aliphatic rings. The van der Waals surface area contributed by atoms with Crippen LogP contribution in [0.5, 0.6) is 11.5 Å². The lowest BCUT2D eigenvalue weighted by atomic mass is 10.2. The fourth-order valence-corrected chi connectivity index (χ4v) is 2.34. The Kier molecular flexibility index (Phi) is 5.15. The standard InChI is InChI=1S/C15H14Cl2FNO2/c1-20-11-4-3-9(14(7-11)21-2)8-19-10-5-12(16)15(18)13(17)6-10/h3-7,19H,8H2,1-2H3. The van der Waals surface area contributed by atoms with Crippen LogP contribution < -0.4 is 14.8 Å². The second-order valence-electron chi connectivity index (χ2n) is 4.29. The maximum Gasteiger partial charge on any atom is 0.160 e. The second-order valence-corrected chi connectivity index (χ2v) is 5.10. The molecule has 0 aliphatic heterocycles. The topological polar surface area (TPSA) is 30.5 Å². The van der Waals surface area contributed by atoms with Gasteiger partial charge >= 0.3 is 0 Å². The van der Waals surface area contributed by atoms with Gasteiger partial charge in [-0.1, -0.05) is 23.2 Å². The lowest BCUT2D eigenvalue weighted by Crippen LogP contribution is -2.02. The summed E-state index contributed by atoms with van der Waals surface area (Å²) >= 11 is 11.5. The molecule has 0 bridgehead atoms. The minimum Gasteiger partial charge on any atom is -0.497 e. The molecule has 0 atom stereocenters. The Morgan fingerprint density at radius 2 is 1.71 bits per heavy atom. The Bertz CT molecular complexity index is 627. The molecule has 0 saturated heterocycles. The summed E-state index contributed by atoms with van der Waals surface area (Å²) in [5, 5.41) is 3.08. The van der Waals surface area contributed by atoms with E-state index in [2.05, 4.69) is 5.32 Å². The maximum absolute atomic E-state index is 13.4. The first-order valence-corrected chi connectivity index (χ1v) is 6.90. The van der Waals surface area contributed by atoms with Crippen LogP contribution >= 0.6 is 23.2 Å². The number of benzene rings is 2. The molecule has 0 heterocycles. The van der Waals surface area contributed by atoms with E-state index in [0.717, 1.165) is 5.56 Å². The molecule has 6 heteroatoms. The quantitative estimate of drug-likeness (QED) is 0.802. The highest BCUT2D eigenvalue weighted by Gasteiger charge is 2.09. The van der Waals surface area contributed by atoms with Crippen molar-refractivity contribution in [1.82, 2.24) is 0 Å². The van der Waals surface area contributed by atoms with Gasteiger partial charge < -0.3 is 14.8 Å². The average Bonchev–Trinajstić information content (AvgIpc) is 2.50. The van der Waals surface area contributed by atoms with Gasteiger partial charge in [-0.3, -0.25) is 0 Å². The Balaban J connectivity index is 2.16. The van der Waals surface area contributed by atoms with E-state index in [1.807, 2.05) is 12.1 Å². The fraction of sp³-hybridized carbons (Fsp3) is 0.200. The second kappa shape index (κ2) is 6.87. The molecule has 0 spiro atoms. The van der Waals surface area contributed by atoms with E-state index < -0.39 is 5.82 Å². The summed E-state index contributed by atoms with van der Waals surface area (Å²) in [7, 11) is 3.18. The molecule has 112 valence electrons. The van der Waals surface area contributed by atoms with Crippen LogP contribution in [0.2, 0.25) is 10.0 Å². The molecule has 2 aromatic rings. The molecular weight excluding hydrogens is 316 g/mol. The van der Waals surface area contributed by atoms with Crippen molar-refractivity contribution in [2.24, 2.45) is 0 Å². The number of rotatable bonds is 5. The minimum absolute atomic E-state index is 0.0216. The first-order chi connectivity index (χ1) is 10.0. The van der Waals surface area contributed by atoms with Crippen LogP contribution in [0.15, 0.2) is 30.3 Å². The lowest BCUT2D eigenvalue weighted by Gasteiger charge is -2.12. The summed E-state index contributed by atoms with van der Waals surface area (Å²) in [6, 6.07) is 8.49. The van der Waals surface area contributed by atoms with Crippen molar-refractivity contribution in [2.75, 3.05) is 19.5 Å². The zero-order valence-electron chi connectivity index (χ0n) is 11.5. The first-order valence-electron chi connectivity index (χ1n) is 6.14. The van der Waals surface area contributed by atoms with Crippen LogP contribution in [0.25, 0.3) is 0 Å². The Labute approximate surface area is 132 Å². The van der Waals surface area contributed by atoms with Crippen molar-refractivity contribution in [3.8, 4) is 11.5 Å². The monoisotopic (exact) mass is 329 g/mol. The Morgan fingerprint density at radius 1 is 1.05 bits per heavy atom. The number of hydrogen-bond acceptors (Lipinski definition) is 3. The van der Waals surface area contributed by atoms with Gasteiger partial charge in [0, 0.05) is 23.9 Å². The molecule has 0 amide bonds. The minimum atomic E-state index is -0.620. The van der Waals surface area contributed by atoms with Crippen molar-refractivity contribution in [2.45, 2.75) is 6.54 Å². The first kappa shape index (κ1) is 15.7. The third kappa shape index (κ3) is 3.71. The predicted octanol–water partition coefficient (Wildman–Crippen LogP) is 4.76. The van der Waals surface area contributed by atoms with E-state index in [0.29, 0.717) is 23.7 Å². The average molecular weight is 330 g/mol. The molecule has 21 heavy (non-hydrogen) atoms. The largest absolute Gasteiger partial charge is 0.497 e. The van der Waals surface area contributed by atoms with Crippen molar-refractivity contribution < 1.29 is 13.9 Å². The lowest BCUT2D eigenvalue weighted by molar-refractivity contribution is 0.391. The summed E-state index contributed by atoms with van der Waals surface area (Å²) in [4.78, 5) is 0. The molecular formula is C15H14Cl2FNO2. The van der Waals surface area contributed by atoms with Crippen LogP contribution in [-0.4, -0.2) is 14.2 Å². The van der Waals surface area contributed by atoms with Crippen molar-refractivity contribution in [3.63, 3.8) is 0 Å². The molecule has 1 N–H and O–H groups in total. The van der Waals surface area contributed by atoms with Crippen LogP contribution in [0.4, 0.5) is 10.1 Å². The Hall–Kier alpha value is -1.65. The van der Waals surface area contributed by atoms with Crippen LogP contribution in [0.3, 0.4) is 0 Å². The van der Waals surface area contributed by atoms with Gasteiger partial charge in [0.25, 0.3) is 0 Å². The van der Waals surface area contributed by atoms with Gasteiger partial charge in [-0.15, -0.1) is 0 Å². The summed E-state index contributed by atoms with van der Waals surface area (Å²) in [5.74, 6) is 0.788. The Morgan fingerprint density at radius 3 is 2.29 bits per heavy atom. The molecule has 0 radical (unpaired) electrons. The third-order valence-electron chi connectivity index (χ3n) is 2.96. The highest BCUT2D eigenvalue weighted by molar-refractivity contribution is 6.35. The van der Waals surface area contributed by atoms with Gasteiger partial charge in [0.15, 0.2) is 5.82 Å². The molecule has 2 aromatic carbocycles. The number of ether oxygens (including phenoxy) is 2. The SMILES string of the molecule is COc1ccc(CNc2cc(Cl)c(F)c(Cl)c2)c(OC)c1. The van der Waals surface area contributed by atoms with E-state index in [1.54, 1.807) is 20.3 Å². The summed E-state index contributed by atoms with van der Waals surface area (Å²) in [6.45, 7) is 0.478. The normalized spacial score (nSPS) is 10.3. The van der Waals surface area contributed by atoms with Crippen LogP contribution in [0, 0.1) is 5.82 Å². The predicted molar refractivity (Wildman–Crippen MR) is 83.3 cm³/mol. The van der Waals surface area contributed by atoms with E-state index in [-0.39, 0.29) is 10.0 Å². The summed E-state index contributed by atoms with van der Waals surface area (Å²) in [5.41, 5.74) is 1.55. The highest BCUT2D eigenvalue weighted by atomic mass is 35.5. The van der Waals surface area contributed by atoms with E-state index >= 15 is 0 Å². The summed E-state index contributed by atoms with van der Waals surface area (Å²) < 4.78 is 23.8. The number of nitrogens with one attached hydrogen (secondary N) is 1. The third-order valence-corrected chi connectivity index (χ3v) is 3.51. The number of anilines is 1. The molecule has 3 nitrogen and oxygen atoms in total. The molecule has 0 aliphatic carbocycles. The zero-order valence-corrected chi connectivity index (χ0v) is 13.1. The number of halogens is 3. The molecule has 2 rings (SSSR count). The zero-order chi connectivity index (χ0) is 15.4. The van der Waals surface area contributed by atoms with Crippen molar-refractivity contribution in [3.05, 3.63) is 51.8 Å². The summed E-state index contributed by atoms with van der Waals surface area (Å²) in [6.07, 6.45) is 0. The van der Waals surface area contributed by atoms with Crippen LogP contribution in [-0.2, 0) is 6.54 Å².